The summed E-state index contributed by atoms with van der Waals surface area (Å²) in [5, 5.41) is 9.38. The summed E-state index contributed by atoms with van der Waals surface area (Å²) in [6, 6.07) is 17.6. The molecule has 0 aromatic heterocycles. The van der Waals surface area contributed by atoms with Crippen LogP contribution in [-0.2, 0) is 6.61 Å². The third-order valence-electron chi connectivity index (χ3n) is 2.61. The van der Waals surface area contributed by atoms with E-state index in [-0.39, 0.29) is 7.43 Å². The molecule has 0 fully saturated rings. The van der Waals surface area contributed by atoms with Gasteiger partial charge in [0.25, 0.3) is 0 Å². The van der Waals surface area contributed by atoms with Gasteiger partial charge >= 0.3 is 6.92 Å². The summed E-state index contributed by atoms with van der Waals surface area (Å²) in [5.74, 6) is 0.818. The summed E-state index contributed by atoms with van der Waals surface area (Å²) in [7, 11) is 0. The molecule has 0 bridgehead atoms. The lowest BCUT2D eigenvalue weighted by Gasteiger charge is -2.07. The van der Waals surface area contributed by atoms with Crippen LogP contribution in [0.15, 0.2) is 67.3 Å². The van der Waals surface area contributed by atoms with Crippen molar-refractivity contribution < 1.29 is 9.76 Å². The second-order valence-corrected chi connectivity index (χ2v) is 4.43. The number of hydrogen-bond donors (Lipinski definition) is 1. The maximum absolute atomic E-state index is 9.38. The molecule has 0 spiro atoms. The Morgan fingerprint density at radius 2 is 1.62 bits per heavy atom. The molecule has 2 nitrogen and oxygen atoms in total. The van der Waals surface area contributed by atoms with Crippen molar-refractivity contribution in [2.45, 2.75) is 27.8 Å². The van der Waals surface area contributed by atoms with Gasteiger partial charge in [0.2, 0.25) is 0 Å². The van der Waals surface area contributed by atoms with Crippen LogP contribution in [0.4, 0.5) is 0 Å². The van der Waals surface area contributed by atoms with Crippen molar-refractivity contribution in [2.75, 3.05) is 0 Å². The van der Waals surface area contributed by atoms with E-state index in [1.807, 2.05) is 61.5 Å². The van der Waals surface area contributed by atoms with Crippen LogP contribution in [0.25, 0.3) is 0 Å². The molecule has 0 heterocycles. The quantitative estimate of drug-likeness (QED) is 0.681. The minimum atomic E-state index is -0.432. The van der Waals surface area contributed by atoms with Crippen LogP contribution in [-0.4, -0.2) is 11.9 Å². The normalized spacial score (nSPS) is 8.71. The van der Waals surface area contributed by atoms with Crippen LogP contribution in [0.5, 0.6) is 5.75 Å². The largest absolute Gasteiger partial charge is 0.489 e. The van der Waals surface area contributed by atoms with Crippen molar-refractivity contribution in [2.24, 2.45) is 0 Å². The van der Waals surface area contributed by atoms with E-state index in [4.69, 9.17) is 4.74 Å². The van der Waals surface area contributed by atoms with Gasteiger partial charge in [-0.2, -0.15) is 0 Å². The van der Waals surface area contributed by atoms with E-state index < -0.39 is 6.92 Å². The second kappa shape index (κ2) is 10.8. The van der Waals surface area contributed by atoms with Gasteiger partial charge in [-0.3, -0.25) is 0 Å². The van der Waals surface area contributed by atoms with Crippen molar-refractivity contribution in [3.05, 3.63) is 72.8 Å². The summed E-state index contributed by atoms with van der Waals surface area (Å²) in [5.41, 5.74) is 2.05. The Hall–Kier alpha value is -2.00. The Labute approximate surface area is 129 Å². The minimum Gasteiger partial charge on any atom is -0.489 e. The SMILES string of the molecule is C.C=CC.CB(O)c1ccc(OCc2ccccc2)cc1. The predicted octanol–water partition coefficient (Wildman–Crippen LogP) is 3.91. The second-order valence-electron chi connectivity index (χ2n) is 4.43. The van der Waals surface area contributed by atoms with Crippen LogP contribution in [0.2, 0.25) is 6.82 Å². The number of rotatable bonds is 4. The van der Waals surface area contributed by atoms with Gasteiger partial charge in [0.1, 0.15) is 12.4 Å². The Morgan fingerprint density at radius 3 is 2.10 bits per heavy atom. The zero-order chi connectivity index (χ0) is 14.8. The highest BCUT2D eigenvalue weighted by Crippen LogP contribution is 2.10. The zero-order valence-electron chi connectivity index (χ0n) is 12.1. The molecule has 112 valence electrons. The van der Waals surface area contributed by atoms with Gasteiger partial charge < -0.3 is 9.76 Å². The Kier molecular flexibility index (Phi) is 9.73. The lowest BCUT2D eigenvalue weighted by Crippen LogP contribution is -2.25. The summed E-state index contributed by atoms with van der Waals surface area (Å²) >= 11 is 0. The summed E-state index contributed by atoms with van der Waals surface area (Å²) in [6.45, 7) is 7.13. The van der Waals surface area contributed by atoms with Crippen molar-refractivity contribution in [3.8, 4) is 5.75 Å². The van der Waals surface area contributed by atoms with Crippen LogP contribution in [0.3, 0.4) is 0 Å². The fraction of sp³-hybridized carbons (Fsp3) is 0.222. The fourth-order valence-electron chi connectivity index (χ4n) is 1.58. The van der Waals surface area contributed by atoms with Gasteiger partial charge in [-0.05, 0) is 30.1 Å². The number of benzene rings is 2. The monoisotopic (exact) mass is 284 g/mol. The molecule has 2 aromatic rings. The van der Waals surface area contributed by atoms with E-state index in [1.165, 1.54) is 0 Å². The van der Waals surface area contributed by atoms with E-state index >= 15 is 0 Å². The lowest BCUT2D eigenvalue weighted by molar-refractivity contribution is 0.306. The molecular formula is C18H25BO2. The Balaban J connectivity index is 0.000000922. The van der Waals surface area contributed by atoms with Crippen molar-refractivity contribution in [1.29, 1.82) is 0 Å². The molecule has 0 aliphatic carbocycles. The molecule has 21 heavy (non-hydrogen) atoms. The average Bonchev–Trinajstić information content (AvgIpc) is 2.47. The van der Waals surface area contributed by atoms with E-state index in [1.54, 1.807) is 12.9 Å². The molecule has 0 unspecified atom stereocenters. The van der Waals surface area contributed by atoms with Gasteiger partial charge in [0, 0.05) is 0 Å². The average molecular weight is 284 g/mol. The Bertz CT molecular complexity index is 492. The van der Waals surface area contributed by atoms with Gasteiger partial charge in [-0.15, -0.1) is 6.58 Å². The maximum atomic E-state index is 9.38. The Morgan fingerprint density at radius 1 is 1.10 bits per heavy atom. The predicted molar refractivity (Wildman–Crippen MR) is 93.3 cm³/mol. The first kappa shape index (κ1) is 19.0. The van der Waals surface area contributed by atoms with Crippen LogP contribution < -0.4 is 10.2 Å². The van der Waals surface area contributed by atoms with Crippen molar-refractivity contribution in [3.63, 3.8) is 0 Å². The number of ether oxygens (including phenoxy) is 1. The molecule has 1 N–H and O–H groups in total. The van der Waals surface area contributed by atoms with Crippen LogP contribution in [0, 0.1) is 0 Å². The lowest BCUT2D eigenvalue weighted by atomic mass is 9.64. The third kappa shape index (κ3) is 7.38. The van der Waals surface area contributed by atoms with E-state index in [0.717, 1.165) is 16.8 Å². The third-order valence-corrected chi connectivity index (χ3v) is 2.61. The molecule has 0 aliphatic heterocycles. The van der Waals surface area contributed by atoms with Gasteiger partial charge in [0.15, 0.2) is 0 Å². The highest BCUT2D eigenvalue weighted by atomic mass is 16.5. The molecule has 0 atom stereocenters. The smallest absolute Gasteiger partial charge is 0.320 e. The molecule has 2 rings (SSSR count). The van der Waals surface area contributed by atoms with Gasteiger partial charge in [-0.25, -0.2) is 0 Å². The van der Waals surface area contributed by atoms with Crippen molar-refractivity contribution >= 4 is 12.4 Å². The van der Waals surface area contributed by atoms with Gasteiger partial charge in [0.05, 0.1) is 0 Å². The van der Waals surface area contributed by atoms with E-state index in [0.29, 0.717) is 6.61 Å². The fourth-order valence-corrected chi connectivity index (χ4v) is 1.58. The topological polar surface area (TPSA) is 29.5 Å². The van der Waals surface area contributed by atoms with Crippen LogP contribution >= 0.6 is 0 Å². The number of allylic oxidation sites excluding steroid dienone is 1. The minimum absolute atomic E-state index is 0. The summed E-state index contributed by atoms with van der Waals surface area (Å²) in [6.07, 6.45) is 1.75. The molecular weight excluding hydrogens is 259 g/mol. The molecule has 3 heteroatoms. The summed E-state index contributed by atoms with van der Waals surface area (Å²) < 4.78 is 5.65. The first-order valence-electron chi connectivity index (χ1n) is 6.69. The molecule has 0 amide bonds. The maximum Gasteiger partial charge on any atom is 0.320 e. The van der Waals surface area contributed by atoms with Crippen molar-refractivity contribution in [1.82, 2.24) is 0 Å². The molecule has 2 aromatic carbocycles. The first-order valence-corrected chi connectivity index (χ1v) is 6.69. The molecule has 0 saturated heterocycles. The van der Waals surface area contributed by atoms with E-state index in [9.17, 15) is 5.02 Å². The number of hydrogen-bond acceptors (Lipinski definition) is 2. The van der Waals surface area contributed by atoms with Crippen LogP contribution in [0.1, 0.15) is 19.9 Å². The standard InChI is InChI=1S/C14H15BO2.C3H6.CH4/c1-15(16)13-7-9-14(10-8-13)17-11-12-5-3-2-4-6-12;1-3-2;/h2-10,16H,11H2,1H3;3H,1H2,2H3;1H4. The zero-order valence-corrected chi connectivity index (χ0v) is 12.1. The highest BCUT2D eigenvalue weighted by Gasteiger charge is 2.05. The molecule has 0 aliphatic rings. The van der Waals surface area contributed by atoms with Gasteiger partial charge in [-0.1, -0.05) is 62.8 Å². The first-order chi connectivity index (χ1) is 9.67. The summed E-state index contributed by atoms with van der Waals surface area (Å²) in [4.78, 5) is 0. The molecule has 0 saturated carbocycles. The highest BCUT2D eigenvalue weighted by molar-refractivity contribution is 6.64. The van der Waals surface area contributed by atoms with E-state index in [2.05, 4.69) is 6.58 Å². The molecule has 0 radical (unpaired) electrons.